The molecule has 0 fully saturated rings. The molecule has 0 aliphatic rings. The molecular formula is C19H21ClN2O2S. The molecule has 132 valence electrons. The minimum Gasteiger partial charge on any atom is -0.495 e. The smallest absolute Gasteiger partial charge is 0.257 e. The molecule has 0 spiro atoms. The van der Waals surface area contributed by atoms with Gasteiger partial charge in [-0.1, -0.05) is 28.8 Å². The molecule has 2 aromatic rings. The van der Waals surface area contributed by atoms with Crippen molar-refractivity contribution in [2.45, 2.75) is 27.7 Å². The number of hydrogen-bond donors (Lipinski definition) is 2. The number of nitrogens with one attached hydrogen (secondary N) is 2. The molecule has 0 unspecified atom stereocenters. The predicted octanol–water partition coefficient (Wildman–Crippen LogP) is 4.71. The van der Waals surface area contributed by atoms with E-state index in [4.69, 9.17) is 28.6 Å². The number of rotatable bonds is 3. The molecule has 0 radical (unpaired) electrons. The van der Waals surface area contributed by atoms with Gasteiger partial charge < -0.3 is 10.1 Å². The van der Waals surface area contributed by atoms with Crippen molar-refractivity contribution < 1.29 is 9.53 Å². The molecule has 0 saturated heterocycles. The fraction of sp³-hybridized carbons (Fsp3) is 0.263. The van der Waals surface area contributed by atoms with E-state index in [1.807, 2.05) is 52.0 Å². The van der Waals surface area contributed by atoms with E-state index in [0.717, 1.165) is 22.3 Å². The van der Waals surface area contributed by atoms with Crippen molar-refractivity contribution in [3.8, 4) is 5.75 Å². The molecule has 0 bridgehead atoms. The van der Waals surface area contributed by atoms with Gasteiger partial charge in [0.1, 0.15) is 5.75 Å². The number of carbonyl (C=O) groups is 1. The van der Waals surface area contributed by atoms with Crippen molar-refractivity contribution in [3.63, 3.8) is 0 Å². The summed E-state index contributed by atoms with van der Waals surface area (Å²) < 4.78 is 5.39. The summed E-state index contributed by atoms with van der Waals surface area (Å²) in [5.74, 6) is 0.349. The average molecular weight is 377 g/mol. The van der Waals surface area contributed by atoms with E-state index in [9.17, 15) is 4.79 Å². The maximum Gasteiger partial charge on any atom is 0.257 e. The van der Waals surface area contributed by atoms with Gasteiger partial charge >= 0.3 is 0 Å². The highest BCUT2D eigenvalue weighted by Gasteiger charge is 2.15. The summed E-state index contributed by atoms with van der Waals surface area (Å²) in [6.45, 7) is 7.67. The molecule has 2 rings (SSSR count). The minimum atomic E-state index is -0.265. The van der Waals surface area contributed by atoms with Gasteiger partial charge in [-0.3, -0.25) is 10.1 Å². The number of thiocarbonyl (C=S) groups is 1. The summed E-state index contributed by atoms with van der Waals surface area (Å²) in [5.41, 5.74) is 4.96. The molecule has 0 saturated carbocycles. The number of amides is 1. The van der Waals surface area contributed by atoms with E-state index in [1.54, 1.807) is 7.11 Å². The normalized spacial score (nSPS) is 10.3. The Balaban J connectivity index is 2.20. The predicted molar refractivity (Wildman–Crippen MR) is 107 cm³/mol. The van der Waals surface area contributed by atoms with Gasteiger partial charge in [0, 0.05) is 10.6 Å². The topological polar surface area (TPSA) is 50.4 Å². The highest BCUT2D eigenvalue weighted by atomic mass is 35.5. The van der Waals surface area contributed by atoms with Crippen LogP contribution >= 0.6 is 23.8 Å². The van der Waals surface area contributed by atoms with Crippen LogP contribution in [0, 0.1) is 27.7 Å². The summed E-state index contributed by atoms with van der Waals surface area (Å²) in [7, 11) is 1.57. The van der Waals surface area contributed by atoms with Gasteiger partial charge in [-0.05, 0) is 69.2 Å². The molecule has 1 amide bonds. The van der Waals surface area contributed by atoms with Crippen LogP contribution < -0.4 is 15.4 Å². The van der Waals surface area contributed by atoms with Crippen LogP contribution in [0.1, 0.15) is 32.6 Å². The molecule has 2 aromatic carbocycles. The largest absolute Gasteiger partial charge is 0.495 e. The zero-order valence-electron chi connectivity index (χ0n) is 14.9. The Hall–Kier alpha value is -2.11. The van der Waals surface area contributed by atoms with E-state index in [1.165, 1.54) is 0 Å². The fourth-order valence-corrected chi connectivity index (χ4v) is 3.01. The zero-order chi connectivity index (χ0) is 18.7. The second-order valence-electron chi connectivity index (χ2n) is 5.99. The van der Waals surface area contributed by atoms with E-state index in [-0.39, 0.29) is 11.0 Å². The molecule has 2 N–H and O–H groups in total. The Labute approximate surface area is 158 Å². The second-order valence-corrected chi connectivity index (χ2v) is 6.78. The first-order valence-corrected chi connectivity index (χ1v) is 8.56. The number of aryl methyl sites for hydroxylation is 3. The van der Waals surface area contributed by atoms with Crippen LogP contribution in [0.15, 0.2) is 24.3 Å². The van der Waals surface area contributed by atoms with Gasteiger partial charge in [-0.15, -0.1) is 0 Å². The maximum atomic E-state index is 12.4. The SMILES string of the molecule is COc1cc(C)c(Cl)c(C)c1NC(=S)NC(=O)c1cc(C)cc(C)c1. The zero-order valence-corrected chi connectivity index (χ0v) is 16.5. The first-order chi connectivity index (χ1) is 11.7. The Morgan fingerprint density at radius 1 is 1.08 bits per heavy atom. The summed E-state index contributed by atoms with van der Waals surface area (Å²) in [6, 6.07) is 7.47. The lowest BCUT2D eigenvalue weighted by molar-refractivity contribution is 0.0977. The Bertz CT molecular complexity index is 830. The van der Waals surface area contributed by atoms with Crippen LogP contribution in [0.25, 0.3) is 0 Å². The van der Waals surface area contributed by atoms with Gasteiger partial charge in [0.15, 0.2) is 5.11 Å². The Morgan fingerprint density at radius 2 is 1.68 bits per heavy atom. The number of anilines is 1. The van der Waals surface area contributed by atoms with Crippen LogP contribution in [-0.2, 0) is 0 Å². The van der Waals surface area contributed by atoms with Crippen molar-refractivity contribution >= 4 is 40.5 Å². The average Bonchev–Trinajstić information content (AvgIpc) is 2.54. The van der Waals surface area contributed by atoms with Gasteiger partial charge in [-0.25, -0.2) is 0 Å². The molecule has 0 aliphatic heterocycles. The highest BCUT2D eigenvalue weighted by molar-refractivity contribution is 7.80. The molecule has 0 heterocycles. The van der Waals surface area contributed by atoms with Crippen molar-refractivity contribution in [2.24, 2.45) is 0 Å². The first kappa shape index (κ1) is 19.2. The van der Waals surface area contributed by atoms with E-state index < -0.39 is 0 Å². The van der Waals surface area contributed by atoms with Gasteiger partial charge in [-0.2, -0.15) is 0 Å². The number of benzene rings is 2. The lowest BCUT2D eigenvalue weighted by atomic mass is 10.1. The standard InChI is InChI=1S/C19H21ClN2O2S/c1-10-6-11(2)8-14(7-10)18(23)22-19(25)21-17-13(4)16(20)12(3)9-15(17)24-5/h6-9H,1-5H3,(H2,21,22,23,25). The van der Waals surface area contributed by atoms with Crippen LogP contribution in [-0.4, -0.2) is 18.1 Å². The van der Waals surface area contributed by atoms with E-state index in [0.29, 0.717) is 22.0 Å². The maximum absolute atomic E-state index is 12.4. The molecule has 6 heteroatoms. The number of carbonyl (C=O) groups excluding carboxylic acids is 1. The monoisotopic (exact) mass is 376 g/mol. The quantitative estimate of drug-likeness (QED) is 0.762. The third-order valence-electron chi connectivity index (χ3n) is 3.81. The molecule has 4 nitrogen and oxygen atoms in total. The van der Waals surface area contributed by atoms with Crippen LogP contribution in [0.3, 0.4) is 0 Å². The van der Waals surface area contributed by atoms with Crippen molar-refractivity contribution in [2.75, 3.05) is 12.4 Å². The van der Waals surface area contributed by atoms with Gasteiger partial charge in [0.05, 0.1) is 12.8 Å². The third kappa shape index (κ3) is 4.50. The van der Waals surface area contributed by atoms with Gasteiger partial charge in [0.25, 0.3) is 5.91 Å². The van der Waals surface area contributed by atoms with Crippen molar-refractivity contribution in [1.82, 2.24) is 5.32 Å². The Morgan fingerprint density at radius 3 is 2.24 bits per heavy atom. The fourth-order valence-electron chi connectivity index (χ4n) is 2.66. The number of hydrogen-bond acceptors (Lipinski definition) is 3. The number of methoxy groups -OCH3 is 1. The molecule has 0 aliphatic carbocycles. The highest BCUT2D eigenvalue weighted by Crippen LogP contribution is 2.35. The van der Waals surface area contributed by atoms with Crippen molar-refractivity contribution in [3.05, 3.63) is 57.1 Å². The Kier molecular flexibility index (Phi) is 6.03. The summed E-state index contributed by atoms with van der Waals surface area (Å²) >= 11 is 11.6. The van der Waals surface area contributed by atoms with Crippen LogP contribution in [0.2, 0.25) is 5.02 Å². The third-order valence-corrected chi connectivity index (χ3v) is 4.60. The molecular weight excluding hydrogens is 356 g/mol. The minimum absolute atomic E-state index is 0.186. The molecule has 25 heavy (non-hydrogen) atoms. The summed E-state index contributed by atoms with van der Waals surface area (Å²) in [4.78, 5) is 12.4. The lowest BCUT2D eigenvalue weighted by Crippen LogP contribution is -2.34. The summed E-state index contributed by atoms with van der Waals surface area (Å²) in [5, 5.41) is 6.53. The van der Waals surface area contributed by atoms with Crippen LogP contribution in [0.5, 0.6) is 5.75 Å². The second kappa shape index (κ2) is 7.85. The first-order valence-electron chi connectivity index (χ1n) is 7.77. The van der Waals surface area contributed by atoms with Crippen molar-refractivity contribution in [1.29, 1.82) is 0 Å². The molecule has 0 aromatic heterocycles. The number of halogens is 1. The van der Waals surface area contributed by atoms with E-state index >= 15 is 0 Å². The summed E-state index contributed by atoms with van der Waals surface area (Å²) in [6.07, 6.45) is 0. The lowest BCUT2D eigenvalue weighted by Gasteiger charge is -2.17. The molecule has 0 atom stereocenters. The number of ether oxygens (including phenoxy) is 1. The van der Waals surface area contributed by atoms with E-state index in [2.05, 4.69) is 10.6 Å². The van der Waals surface area contributed by atoms with Crippen LogP contribution in [0.4, 0.5) is 5.69 Å². The van der Waals surface area contributed by atoms with Gasteiger partial charge in [0.2, 0.25) is 0 Å².